The SMILES string of the molecule is CC(C)C1=NN=C(c2ccc(Cl)cc2)C1. The van der Waals surface area contributed by atoms with Gasteiger partial charge in [-0.1, -0.05) is 37.6 Å². The first kappa shape index (κ1) is 10.4. The lowest BCUT2D eigenvalue weighted by molar-refractivity contribution is 0.871. The summed E-state index contributed by atoms with van der Waals surface area (Å²) in [6.45, 7) is 4.28. The minimum absolute atomic E-state index is 0.471. The van der Waals surface area contributed by atoms with Gasteiger partial charge in [-0.25, -0.2) is 0 Å². The summed E-state index contributed by atoms with van der Waals surface area (Å²) < 4.78 is 0. The molecule has 0 saturated carbocycles. The highest BCUT2D eigenvalue weighted by Gasteiger charge is 2.16. The van der Waals surface area contributed by atoms with Crippen molar-refractivity contribution in [3.05, 3.63) is 34.9 Å². The van der Waals surface area contributed by atoms with Crippen molar-refractivity contribution in [3.63, 3.8) is 0 Å². The zero-order valence-electron chi connectivity index (χ0n) is 8.87. The molecule has 78 valence electrons. The lowest BCUT2D eigenvalue weighted by atomic mass is 9.99. The third-order valence-electron chi connectivity index (χ3n) is 2.49. The van der Waals surface area contributed by atoms with Crippen LogP contribution in [0.5, 0.6) is 0 Å². The van der Waals surface area contributed by atoms with E-state index in [0.29, 0.717) is 5.92 Å². The normalized spacial score (nSPS) is 15.5. The van der Waals surface area contributed by atoms with Crippen LogP contribution in [0.25, 0.3) is 0 Å². The van der Waals surface area contributed by atoms with Gasteiger partial charge < -0.3 is 0 Å². The van der Waals surface area contributed by atoms with Crippen molar-refractivity contribution >= 4 is 23.0 Å². The van der Waals surface area contributed by atoms with Crippen LogP contribution in [0.3, 0.4) is 0 Å². The van der Waals surface area contributed by atoms with Gasteiger partial charge in [-0.2, -0.15) is 10.2 Å². The van der Waals surface area contributed by atoms with Crippen LogP contribution in [0, 0.1) is 5.92 Å². The Labute approximate surface area is 94.7 Å². The van der Waals surface area contributed by atoms with E-state index in [0.717, 1.165) is 28.4 Å². The van der Waals surface area contributed by atoms with Crippen LogP contribution in [0.4, 0.5) is 0 Å². The lowest BCUT2D eigenvalue weighted by Gasteiger charge is -2.03. The Morgan fingerprint density at radius 1 is 1.13 bits per heavy atom. The smallest absolute Gasteiger partial charge is 0.0759 e. The van der Waals surface area contributed by atoms with Gasteiger partial charge >= 0.3 is 0 Å². The molecular formula is C12H13ClN2. The van der Waals surface area contributed by atoms with E-state index in [1.54, 1.807) is 0 Å². The summed E-state index contributed by atoms with van der Waals surface area (Å²) in [5, 5.41) is 9.14. The Morgan fingerprint density at radius 3 is 2.33 bits per heavy atom. The lowest BCUT2D eigenvalue weighted by Crippen LogP contribution is -2.09. The molecule has 3 heteroatoms. The molecule has 0 aromatic heterocycles. The molecule has 1 aliphatic heterocycles. The molecule has 0 N–H and O–H groups in total. The molecule has 0 saturated heterocycles. The van der Waals surface area contributed by atoms with Crippen molar-refractivity contribution in [1.29, 1.82) is 0 Å². The molecule has 1 heterocycles. The predicted molar refractivity (Wildman–Crippen MR) is 64.9 cm³/mol. The maximum atomic E-state index is 5.83. The van der Waals surface area contributed by atoms with Crippen LogP contribution < -0.4 is 0 Å². The first-order chi connectivity index (χ1) is 7.16. The minimum atomic E-state index is 0.471. The van der Waals surface area contributed by atoms with Crippen molar-refractivity contribution in [2.24, 2.45) is 16.1 Å². The van der Waals surface area contributed by atoms with Crippen LogP contribution >= 0.6 is 11.6 Å². The molecule has 0 unspecified atom stereocenters. The van der Waals surface area contributed by atoms with Gasteiger partial charge in [0.1, 0.15) is 0 Å². The van der Waals surface area contributed by atoms with Crippen LogP contribution in [0.15, 0.2) is 34.5 Å². The van der Waals surface area contributed by atoms with Crippen LogP contribution in [-0.4, -0.2) is 11.4 Å². The third kappa shape index (κ3) is 2.26. The Balaban J connectivity index is 2.14. The molecule has 2 rings (SSSR count). The molecule has 0 aliphatic carbocycles. The topological polar surface area (TPSA) is 24.7 Å². The van der Waals surface area contributed by atoms with E-state index in [1.165, 1.54) is 0 Å². The quantitative estimate of drug-likeness (QED) is 0.729. The molecule has 1 aliphatic rings. The standard InChI is InChI=1S/C12H13ClN2/c1-8(2)11-7-12(15-14-11)9-3-5-10(13)6-4-9/h3-6,8H,7H2,1-2H3. The van der Waals surface area contributed by atoms with Gasteiger partial charge in [-0.05, 0) is 23.6 Å². The molecule has 15 heavy (non-hydrogen) atoms. The Morgan fingerprint density at radius 2 is 1.80 bits per heavy atom. The molecule has 1 aromatic rings. The monoisotopic (exact) mass is 220 g/mol. The Kier molecular flexibility index (Phi) is 2.87. The van der Waals surface area contributed by atoms with Gasteiger partial charge in [0.15, 0.2) is 0 Å². The fraction of sp³-hybridized carbons (Fsp3) is 0.333. The third-order valence-corrected chi connectivity index (χ3v) is 2.74. The molecule has 0 amide bonds. The highest BCUT2D eigenvalue weighted by atomic mass is 35.5. The highest BCUT2D eigenvalue weighted by Crippen LogP contribution is 2.17. The van der Waals surface area contributed by atoms with Crippen molar-refractivity contribution in [3.8, 4) is 0 Å². The number of rotatable bonds is 2. The number of hydrogen-bond donors (Lipinski definition) is 0. The molecule has 0 atom stereocenters. The zero-order valence-corrected chi connectivity index (χ0v) is 9.62. The summed E-state index contributed by atoms with van der Waals surface area (Å²) >= 11 is 5.83. The van der Waals surface area contributed by atoms with E-state index >= 15 is 0 Å². The molecular weight excluding hydrogens is 208 g/mol. The highest BCUT2D eigenvalue weighted by molar-refractivity contribution is 6.30. The van der Waals surface area contributed by atoms with E-state index < -0.39 is 0 Å². The summed E-state index contributed by atoms with van der Waals surface area (Å²) in [6.07, 6.45) is 0.860. The van der Waals surface area contributed by atoms with Crippen molar-refractivity contribution in [1.82, 2.24) is 0 Å². The number of nitrogens with zero attached hydrogens (tertiary/aromatic N) is 2. The second kappa shape index (κ2) is 4.15. The summed E-state index contributed by atoms with van der Waals surface area (Å²) in [5.74, 6) is 0.471. The average Bonchev–Trinajstić information content (AvgIpc) is 2.68. The van der Waals surface area contributed by atoms with Crippen LogP contribution in [0.2, 0.25) is 5.02 Å². The summed E-state index contributed by atoms with van der Waals surface area (Å²) in [7, 11) is 0. The molecule has 0 bridgehead atoms. The van der Waals surface area contributed by atoms with Gasteiger partial charge in [0.05, 0.1) is 5.71 Å². The zero-order chi connectivity index (χ0) is 10.8. The summed E-state index contributed by atoms with van der Waals surface area (Å²) in [5.41, 5.74) is 3.30. The first-order valence-corrected chi connectivity index (χ1v) is 5.44. The van der Waals surface area contributed by atoms with Crippen LogP contribution in [-0.2, 0) is 0 Å². The summed E-state index contributed by atoms with van der Waals surface area (Å²) in [4.78, 5) is 0. The van der Waals surface area contributed by atoms with E-state index in [-0.39, 0.29) is 0 Å². The van der Waals surface area contributed by atoms with Crippen molar-refractivity contribution < 1.29 is 0 Å². The van der Waals surface area contributed by atoms with E-state index in [9.17, 15) is 0 Å². The van der Waals surface area contributed by atoms with Gasteiger partial charge in [0.25, 0.3) is 0 Å². The van der Waals surface area contributed by atoms with Gasteiger partial charge in [-0.3, -0.25) is 0 Å². The van der Waals surface area contributed by atoms with E-state index in [4.69, 9.17) is 11.6 Å². The Hall–Kier alpha value is -1.15. The molecule has 0 radical (unpaired) electrons. The fourth-order valence-corrected chi connectivity index (χ4v) is 1.61. The van der Waals surface area contributed by atoms with Gasteiger partial charge in [0, 0.05) is 17.2 Å². The average molecular weight is 221 g/mol. The fourth-order valence-electron chi connectivity index (χ4n) is 1.49. The second-order valence-corrected chi connectivity index (χ2v) is 4.41. The molecule has 0 spiro atoms. The summed E-state index contributed by atoms with van der Waals surface area (Å²) in [6, 6.07) is 7.74. The predicted octanol–water partition coefficient (Wildman–Crippen LogP) is 3.54. The van der Waals surface area contributed by atoms with Gasteiger partial charge in [0.2, 0.25) is 0 Å². The van der Waals surface area contributed by atoms with Gasteiger partial charge in [-0.15, -0.1) is 0 Å². The van der Waals surface area contributed by atoms with E-state index in [2.05, 4.69) is 24.1 Å². The number of hydrogen-bond acceptors (Lipinski definition) is 2. The van der Waals surface area contributed by atoms with Crippen molar-refractivity contribution in [2.75, 3.05) is 0 Å². The molecule has 2 nitrogen and oxygen atoms in total. The van der Waals surface area contributed by atoms with Crippen LogP contribution in [0.1, 0.15) is 25.8 Å². The largest absolute Gasteiger partial charge is 0.159 e. The Bertz CT molecular complexity index is 416. The minimum Gasteiger partial charge on any atom is -0.159 e. The van der Waals surface area contributed by atoms with E-state index in [1.807, 2.05) is 24.3 Å². The number of halogens is 1. The maximum absolute atomic E-state index is 5.83. The molecule has 1 aromatic carbocycles. The van der Waals surface area contributed by atoms with Crippen molar-refractivity contribution in [2.45, 2.75) is 20.3 Å². The first-order valence-electron chi connectivity index (χ1n) is 5.06. The number of benzene rings is 1. The second-order valence-electron chi connectivity index (χ2n) is 3.98. The maximum Gasteiger partial charge on any atom is 0.0759 e. The molecule has 0 fully saturated rings.